The molecule has 4 heteroatoms. The van der Waals surface area contributed by atoms with Crippen LogP contribution in [-0.2, 0) is 4.79 Å². The van der Waals surface area contributed by atoms with Gasteiger partial charge in [-0.15, -0.1) is 0 Å². The summed E-state index contributed by atoms with van der Waals surface area (Å²) in [5.41, 5.74) is -0.353. The SMILES string of the molecule is CCCC1NC(C)(CC)C(=O)N1C1CCCN(CC)C1. The van der Waals surface area contributed by atoms with Gasteiger partial charge in [-0.3, -0.25) is 10.1 Å². The lowest BCUT2D eigenvalue weighted by atomic mass is 9.97. The summed E-state index contributed by atoms with van der Waals surface area (Å²) in [7, 11) is 0. The molecule has 0 aromatic rings. The highest BCUT2D eigenvalue weighted by Crippen LogP contribution is 2.30. The molecular weight excluding hydrogens is 250 g/mol. The van der Waals surface area contributed by atoms with Crippen molar-refractivity contribution in [2.75, 3.05) is 19.6 Å². The molecule has 0 aromatic carbocycles. The van der Waals surface area contributed by atoms with Gasteiger partial charge in [0, 0.05) is 12.6 Å². The number of carbonyl (C=O) groups is 1. The van der Waals surface area contributed by atoms with Gasteiger partial charge in [-0.25, -0.2) is 0 Å². The van der Waals surface area contributed by atoms with Gasteiger partial charge in [-0.2, -0.15) is 0 Å². The quantitative estimate of drug-likeness (QED) is 0.839. The Bertz CT molecular complexity index is 347. The smallest absolute Gasteiger partial charge is 0.244 e. The third-order valence-electron chi connectivity index (χ3n) is 5.12. The fraction of sp³-hybridized carbons (Fsp3) is 0.938. The summed E-state index contributed by atoms with van der Waals surface area (Å²) < 4.78 is 0. The summed E-state index contributed by atoms with van der Waals surface area (Å²) in [6.45, 7) is 11.9. The molecule has 2 heterocycles. The molecule has 2 aliphatic rings. The van der Waals surface area contributed by atoms with Crippen LogP contribution in [0, 0.1) is 0 Å². The van der Waals surface area contributed by atoms with Crippen LogP contribution in [0.2, 0.25) is 0 Å². The van der Waals surface area contributed by atoms with Crippen LogP contribution in [0.1, 0.15) is 59.8 Å². The average Bonchev–Trinajstić information content (AvgIpc) is 2.72. The second kappa shape index (κ2) is 6.44. The Balaban J connectivity index is 2.15. The van der Waals surface area contributed by atoms with E-state index < -0.39 is 0 Å². The highest BCUT2D eigenvalue weighted by molar-refractivity contribution is 5.88. The van der Waals surface area contributed by atoms with E-state index >= 15 is 0 Å². The highest BCUT2D eigenvalue weighted by Gasteiger charge is 2.49. The van der Waals surface area contributed by atoms with Gasteiger partial charge in [0.2, 0.25) is 5.91 Å². The van der Waals surface area contributed by atoms with Crippen molar-refractivity contribution in [3.8, 4) is 0 Å². The molecule has 0 radical (unpaired) electrons. The predicted molar refractivity (Wildman–Crippen MR) is 82.5 cm³/mol. The molecule has 2 rings (SSSR count). The van der Waals surface area contributed by atoms with Crippen molar-refractivity contribution in [3.63, 3.8) is 0 Å². The molecule has 20 heavy (non-hydrogen) atoms. The van der Waals surface area contributed by atoms with Crippen molar-refractivity contribution in [2.45, 2.75) is 77.5 Å². The number of carbonyl (C=O) groups excluding carboxylic acids is 1. The number of hydrogen-bond acceptors (Lipinski definition) is 3. The number of piperidine rings is 1. The number of hydrogen-bond donors (Lipinski definition) is 1. The number of rotatable bonds is 5. The van der Waals surface area contributed by atoms with Gasteiger partial charge >= 0.3 is 0 Å². The zero-order chi connectivity index (χ0) is 14.8. The normalized spacial score (nSPS) is 35.8. The Morgan fingerprint density at radius 1 is 1.35 bits per heavy atom. The van der Waals surface area contributed by atoms with Gasteiger partial charge in [0.1, 0.15) is 0 Å². The number of nitrogens with one attached hydrogen (secondary N) is 1. The molecule has 116 valence electrons. The largest absolute Gasteiger partial charge is 0.321 e. The molecule has 2 aliphatic heterocycles. The topological polar surface area (TPSA) is 35.6 Å². The Hall–Kier alpha value is -0.610. The van der Waals surface area contributed by atoms with E-state index in [9.17, 15) is 4.79 Å². The highest BCUT2D eigenvalue weighted by atomic mass is 16.2. The van der Waals surface area contributed by atoms with Crippen LogP contribution in [0.3, 0.4) is 0 Å². The Labute approximate surface area is 123 Å². The standard InChI is InChI=1S/C16H31N3O/c1-5-9-14-17-16(4,6-2)15(20)19(14)13-10-8-11-18(7-3)12-13/h13-14,17H,5-12H2,1-4H3. The van der Waals surface area contributed by atoms with Gasteiger partial charge in [0.15, 0.2) is 0 Å². The molecule has 0 aliphatic carbocycles. The van der Waals surface area contributed by atoms with E-state index in [-0.39, 0.29) is 11.7 Å². The summed E-state index contributed by atoms with van der Waals surface area (Å²) in [6, 6.07) is 0.397. The third kappa shape index (κ3) is 2.86. The molecule has 4 nitrogen and oxygen atoms in total. The maximum Gasteiger partial charge on any atom is 0.244 e. The molecule has 0 spiro atoms. The van der Waals surface area contributed by atoms with Crippen LogP contribution in [0.15, 0.2) is 0 Å². The van der Waals surface area contributed by atoms with Gasteiger partial charge < -0.3 is 9.80 Å². The molecule has 1 N–H and O–H groups in total. The predicted octanol–water partition coefficient (Wildman–Crippen LogP) is 2.20. The van der Waals surface area contributed by atoms with E-state index in [0.717, 1.165) is 38.8 Å². The van der Waals surface area contributed by atoms with E-state index in [2.05, 4.69) is 42.8 Å². The summed E-state index contributed by atoms with van der Waals surface area (Å²) in [4.78, 5) is 17.6. The van der Waals surface area contributed by atoms with Crippen LogP contribution in [0.5, 0.6) is 0 Å². The van der Waals surface area contributed by atoms with E-state index in [4.69, 9.17) is 0 Å². The van der Waals surface area contributed by atoms with E-state index in [0.29, 0.717) is 11.9 Å². The van der Waals surface area contributed by atoms with Crippen LogP contribution in [0.25, 0.3) is 0 Å². The number of nitrogens with zero attached hydrogens (tertiary/aromatic N) is 2. The lowest BCUT2D eigenvalue weighted by molar-refractivity contribution is -0.136. The Morgan fingerprint density at radius 2 is 2.10 bits per heavy atom. The fourth-order valence-electron chi connectivity index (χ4n) is 3.63. The first kappa shape index (κ1) is 15.8. The average molecular weight is 281 g/mol. The van der Waals surface area contributed by atoms with Crippen molar-refractivity contribution < 1.29 is 4.79 Å². The van der Waals surface area contributed by atoms with Crippen molar-refractivity contribution in [3.05, 3.63) is 0 Å². The summed E-state index contributed by atoms with van der Waals surface area (Å²) in [5, 5.41) is 3.61. The Kier molecular flexibility index (Phi) is 5.08. The van der Waals surface area contributed by atoms with Crippen LogP contribution in [-0.4, -0.2) is 53.1 Å². The molecule has 2 fully saturated rings. The minimum absolute atomic E-state index is 0.235. The minimum atomic E-state index is -0.353. The zero-order valence-corrected chi connectivity index (χ0v) is 13.6. The maximum atomic E-state index is 12.9. The minimum Gasteiger partial charge on any atom is -0.321 e. The second-order valence-electron chi connectivity index (χ2n) is 6.54. The van der Waals surface area contributed by atoms with E-state index in [1.165, 1.54) is 13.0 Å². The molecule has 0 aromatic heterocycles. The van der Waals surface area contributed by atoms with Crippen molar-refractivity contribution >= 4 is 5.91 Å². The summed E-state index contributed by atoms with van der Waals surface area (Å²) in [5.74, 6) is 0.321. The molecule has 2 saturated heterocycles. The van der Waals surface area contributed by atoms with Gasteiger partial charge in [-0.1, -0.05) is 27.2 Å². The number of likely N-dealkylation sites (tertiary alicyclic amines) is 1. The molecule has 3 unspecified atom stereocenters. The first-order valence-corrected chi connectivity index (χ1v) is 8.38. The first-order valence-electron chi connectivity index (χ1n) is 8.38. The molecular formula is C16H31N3O. The maximum absolute atomic E-state index is 12.9. The lowest BCUT2D eigenvalue weighted by Gasteiger charge is -2.39. The van der Waals surface area contributed by atoms with Crippen LogP contribution >= 0.6 is 0 Å². The van der Waals surface area contributed by atoms with E-state index in [1.54, 1.807) is 0 Å². The van der Waals surface area contributed by atoms with Crippen molar-refractivity contribution in [2.24, 2.45) is 0 Å². The van der Waals surface area contributed by atoms with Crippen LogP contribution < -0.4 is 5.32 Å². The van der Waals surface area contributed by atoms with Crippen molar-refractivity contribution in [1.82, 2.24) is 15.1 Å². The zero-order valence-electron chi connectivity index (χ0n) is 13.6. The van der Waals surface area contributed by atoms with E-state index in [1.807, 2.05) is 0 Å². The molecule has 0 saturated carbocycles. The third-order valence-corrected chi connectivity index (χ3v) is 5.12. The molecule has 3 atom stereocenters. The van der Waals surface area contributed by atoms with Gasteiger partial charge in [-0.05, 0) is 45.7 Å². The first-order chi connectivity index (χ1) is 9.55. The van der Waals surface area contributed by atoms with Crippen LogP contribution in [0.4, 0.5) is 0 Å². The van der Waals surface area contributed by atoms with Crippen molar-refractivity contribution in [1.29, 1.82) is 0 Å². The van der Waals surface area contributed by atoms with Gasteiger partial charge in [0.05, 0.1) is 11.7 Å². The Morgan fingerprint density at radius 3 is 2.70 bits per heavy atom. The van der Waals surface area contributed by atoms with Gasteiger partial charge in [0.25, 0.3) is 0 Å². The summed E-state index contributed by atoms with van der Waals surface area (Å²) >= 11 is 0. The fourth-order valence-corrected chi connectivity index (χ4v) is 3.63. The molecule has 1 amide bonds. The monoisotopic (exact) mass is 281 g/mol. The number of likely N-dealkylation sites (N-methyl/N-ethyl adjacent to an activating group) is 1. The molecule has 0 bridgehead atoms. The summed E-state index contributed by atoms with van der Waals surface area (Å²) in [6.07, 6.45) is 5.65. The second-order valence-corrected chi connectivity index (χ2v) is 6.54. The lowest BCUT2D eigenvalue weighted by Crippen LogP contribution is -2.52. The number of amides is 1.